The first-order valence-corrected chi connectivity index (χ1v) is 6.76. The molecule has 2 aliphatic heterocycles. The first-order chi connectivity index (χ1) is 8.72. The van der Waals surface area contributed by atoms with Gasteiger partial charge < -0.3 is 10.6 Å². The minimum Gasteiger partial charge on any atom is -0.368 e. The number of nitrogens with zero attached hydrogens (tertiary/aromatic N) is 5. The highest BCUT2D eigenvalue weighted by atomic mass is 35.5. The van der Waals surface area contributed by atoms with Crippen LogP contribution in [0.25, 0.3) is 0 Å². The summed E-state index contributed by atoms with van der Waals surface area (Å²) in [6.45, 7) is 4.29. The Kier molecular flexibility index (Phi) is 3.22. The highest BCUT2D eigenvalue weighted by Gasteiger charge is 2.29. The van der Waals surface area contributed by atoms with E-state index in [-0.39, 0.29) is 11.2 Å². The van der Waals surface area contributed by atoms with E-state index < -0.39 is 0 Å². The molecule has 1 aromatic heterocycles. The van der Waals surface area contributed by atoms with Gasteiger partial charge >= 0.3 is 0 Å². The summed E-state index contributed by atoms with van der Waals surface area (Å²) >= 11 is 5.84. The molecule has 6 nitrogen and oxygen atoms in total. The molecule has 2 fully saturated rings. The molecule has 18 heavy (non-hydrogen) atoms. The van der Waals surface area contributed by atoms with Gasteiger partial charge in [-0.25, -0.2) is 0 Å². The van der Waals surface area contributed by atoms with Gasteiger partial charge in [0, 0.05) is 25.7 Å². The highest BCUT2D eigenvalue weighted by molar-refractivity contribution is 6.28. The van der Waals surface area contributed by atoms with Crippen molar-refractivity contribution in [1.29, 1.82) is 0 Å². The van der Waals surface area contributed by atoms with Gasteiger partial charge in [-0.2, -0.15) is 15.0 Å². The van der Waals surface area contributed by atoms with E-state index in [9.17, 15) is 0 Å². The van der Waals surface area contributed by atoms with Crippen molar-refractivity contribution < 1.29 is 0 Å². The van der Waals surface area contributed by atoms with Gasteiger partial charge in [0.2, 0.25) is 17.2 Å². The number of rotatable bonds is 1. The first kappa shape index (κ1) is 11.9. The van der Waals surface area contributed by atoms with Crippen LogP contribution in [0.1, 0.15) is 19.3 Å². The van der Waals surface area contributed by atoms with Gasteiger partial charge in [-0.1, -0.05) is 0 Å². The summed E-state index contributed by atoms with van der Waals surface area (Å²) in [5, 5.41) is 0.171. The molecule has 1 aromatic rings. The minimum absolute atomic E-state index is 0.171. The standard InChI is InChI=1S/C11H17ClN6/c12-9-14-10(13)16-11(15-9)18-6-2-5-17-4-1-3-8(17)7-18/h8H,1-7H2,(H2,13,14,15,16). The Morgan fingerprint density at radius 1 is 1.11 bits per heavy atom. The lowest BCUT2D eigenvalue weighted by Crippen LogP contribution is -2.37. The summed E-state index contributed by atoms with van der Waals surface area (Å²) in [7, 11) is 0. The van der Waals surface area contributed by atoms with Crippen molar-refractivity contribution in [3.05, 3.63) is 5.28 Å². The third-order valence-electron chi connectivity index (χ3n) is 3.70. The van der Waals surface area contributed by atoms with Gasteiger partial charge in [-0.3, -0.25) is 4.90 Å². The number of nitrogens with two attached hydrogens (primary N) is 1. The van der Waals surface area contributed by atoms with Crippen LogP contribution in [-0.2, 0) is 0 Å². The van der Waals surface area contributed by atoms with Crippen LogP contribution in [0.4, 0.5) is 11.9 Å². The molecule has 0 spiro atoms. The maximum atomic E-state index is 5.84. The predicted octanol–water partition coefficient (Wildman–Crippen LogP) is 0.782. The summed E-state index contributed by atoms with van der Waals surface area (Å²) in [6, 6.07) is 0.615. The second-order valence-electron chi connectivity index (χ2n) is 4.89. The second kappa shape index (κ2) is 4.85. The normalized spacial score (nSPS) is 24.9. The predicted molar refractivity (Wildman–Crippen MR) is 70.7 cm³/mol. The van der Waals surface area contributed by atoms with Crippen LogP contribution < -0.4 is 10.6 Å². The Labute approximate surface area is 111 Å². The summed E-state index contributed by atoms with van der Waals surface area (Å²) < 4.78 is 0. The molecule has 7 heteroatoms. The number of aromatic nitrogens is 3. The fourth-order valence-corrected chi connectivity index (χ4v) is 3.05. The fraction of sp³-hybridized carbons (Fsp3) is 0.727. The molecule has 2 N–H and O–H groups in total. The molecule has 0 amide bonds. The van der Waals surface area contributed by atoms with E-state index in [0.717, 1.165) is 26.1 Å². The molecule has 2 aliphatic rings. The Bertz CT molecular complexity index is 419. The number of hydrogen-bond donors (Lipinski definition) is 1. The summed E-state index contributed by atoms with van der Waals surface area (Å²) in [4.78, 5) is 16.9. The third kappa shape index (κ3) is 2.35. The summed E-state index contributed by atoms with van der Waals surface area (Å²) in [5.41, 5.74) is 5.63. The lowest BCUT2D eigenvalue weighted by atomic mass is 10.2. The Morgan fingerprint density at radius 2 is 1.94 bits per heavy atom. The Hall–Kier alpha value is -1.14. The highest BCUT2D eigenvalue weighted by Crippen LogP contribution is 2.23. The molecular weight excluding hydrogens is 252 g/mol. The van der Waals surface area contributed by atoms with Crippen molar-refractivity contribution in [1.82, 2.24) is 19.9 Å². The van der Waals surface area contributed by atoms with Gasteiger partial charge in [0.15, 0.2) is 0 Å². The summed E-state index contributed by atoms with van der Waals surface area (Å²) in [5.74, 6) is 0.804. The molecular formula is C11H17ClN6. The molecule has 0 bridgehead atoms. The molecule has 0 aliphatic carbocycles. The lowest BCUT2D eigenvalue weighted by Gasteiger charge is -2.25. The lowest BCUT2D eigenvalue weighted by molar-refractivity contribution is 0.273. The molecule has 0 radical (unpaired) electrons. The van der Waals surface area contributed by atoms with Crippen LogP contribution >= 0.6 is 11.6 Å². The molecule has 2 saturated heterocycles. The largest absolute Gasteiger partial charge is 0.368 e. The van der Waals surface area contributed by atoms with Crippen LogP contribution in [0, 0.1) is 0 Å². The maximum absolute atomic E-state index is 5.84. The minimum atomic E-state index is 0.171. The monoisotopic (exact) mass is 268 g/mol. The van der Waals surface area contributed by atoms with Crippen LogP contribution in [0.2, 0.25) is 5.28 Å². The van der Waals surface area contributed by atoms with Crippen molar-refractivity contribution >= 4 is 23.5 Å². The Morgan fingerprint density at radius 3 is 2.78 bits per heavy atom. The zero-order valence-electron chi connectivity index (χ0n) is 10.2. The molecule has 3 heterocycles. The van der Waals surface area contributed by atoms with Gasteiger partial charge in [0.25, 0.3) is 0 Å². The van der Waals surface area contributed by atoms with E-state index in [1.165, 1.54) is 19.4 Å². The van der Waals surface area contributed by atoms with Crippen molar-refractivity contribution in [2.75, 3.05) is 36.8 Å². The second-order valence-corrected chi connectivity index (χ2v) is 5.23. The van der Waals surface area contributed by atoms with Crippen molar-refractivity contribution in [2.45, 2.75) is 25.3 Å². The van der Waals surface area contributed by atoms with E-state index in [1.54, 1.807) is 0 Å². The SMILES string of the molecule is Nc1nc(Cl)nc(N2CCCN3CCCC3C2)n1. The van der Waals surface area contributed by atoms with Crippen LogP contribution in [0.15, 0.2) is 0 Å². The fourth-order valence-electron chi connectivity index (χ4n) is 2.88. The molecule has 0 aromatic carbocycles. The van der Waals surface area contributed by atoms with Crippen LogP contribution in [0.5, 0.6) is 0 Å². The molecule has 1 atom stereocenters. The van der Waals surface area contributed by atoms with Crippen LogP contribution in [0.3, 0.4) is 0 Å². The summed E-state index contributed by atoms with van der Waals surface area (Å²) in [6.07, 6.45) is 3.67. The zero-order chi connectivity index (χ0) is 12.5. The van der Waals surface area contributed by atoms with Crippen molar-refractivity contribution in [3.8, 4) is 0 Å². The third-order valence-corrected chi connectivity index (χ3v) is 3.87. The average molecular weight is 269 g/mol. The first-order valence-electron chi connectivity index (χ1n) is 6.38. The molecule has 98 valence electrons. The number of hydrogen-bond acceptors (Lipinski definition) is 6. The maximum Gasteiger partial charge on any atom is 0.231 e. The quantitative estimate of drug-likeness (QED) is 0.812. The Balaban J connectivity index is 1.82. The number of nitrogen functional groups attached to an aromatic ring is 1. The van der Waals surface area contributed by atoms with E-state index in [0.29, 0.717) is 12.0 Å². The van der Waals surface area contributed by atoms with Gasteiger partial charge in [0.05, 0.1) is 0 Å². The van der Waals surface area contributed by atoms with Gasteiger partial charge in [0.1, 0.15) is 0 Å². The average Bonchev–Trinajstić information content (AvgIpc) is 2.65. The van der Waals surface area contributed by atoms with Crippen molar-refractivity contribution in [2.24, 2.45) is 0 Å². The van der Waals surface area contributed by atoms with Crippen LogP contribution in [-0.4, -0.2) is 52.1 Å². The smallest absolute Gasteiger partial charge is 0.231 e. The van der Waals surface area contributed by atoms with Crippen molar-refractivity contribution in [3.63, 3.8) is 0 Å². The molecule has 1 unspecified atom stereocenters. The van der Waals surface area contributed by atoms with E-state index in [2.05, 4.69) is 24.8 Å². The van der Waals surface area contributed by atoms with E-state index in [4.69, 9.17) is 17.3 Å². The van der Waals surface area contributed by atoms with Gasteiger partial charge in [-0.15, -0.1) is 0 Å². The molecule has 3 rings (SSSR count). The molecule has 0 saturated carbocycles. The van der Waals surface area contributed by atoms with Gasteiger partial charge in [-0.05, 0) is 37.4 Å². The van der Waals surface area contributed by atoms with E-state index >= 15 is 0 Å². The number of fused-ring (bicyclic) bond motifs is 1. The number of anilines is 2. The number of halogens is 1. The van der Waals surface area contributed by atoms with E-state index in [1.807, 2.05) is 0 Å². The topological polar surface area (TPSA) is 71.2 Å². The zero-order valence-corrected chi connectivity index (χ0v) is 11.0.